The van der Waals surface area contributed by atoms with Gasteiger partial charge in [-0.05, 0) is 30.4 Å². The molecule has 0 radical (unpaired) electrons. The van der Waals surface area contributed by atoms with Crippen LogP contribution in [0.4, 0.5) is 18.0 Å². The van der Waals surface area contributed by atoms with E-state index in [2.05, 4.69) is 0 Å². The van der Waals surface area contributed by atoms with Gasteiger partial charge in [0, 0.05) is 24.2 Å². The number of halogens is 4. The van der Waals surface area contributed by atoms with Crippen molar-refractivity contribution in [3.05, 3.63) is 23.2 Å². The molecule has 9 heteroatoms. The van der Waals surface area contributed by atoms with Gasteiger partial charge in [0.1, 0.15) is 0 Å². The van der Waals surface area contributed by atoms with Gasteiger partial charge in [0.05, 0.1) is 0 Å². The average molecular weight is 379 g/mol. The van der Waals surface area contributed by atoms with Crippen molar-refractivity contribution < 1.29 is 27.4 Å². The van der Waals surface area contributed by atoms with Gasteiger partial charge >= 0.3 is 18.1 Å². The Labute approximate surface area is 148 Å². The fraction of sp³-hybridized carbons (Fsp3) is 0.562. The summed E-state index contributed by atoms with van der Waals surface area (Å²) in [4.78, 5) is 13.8. The highest BCUT2D eigenvalue weighted by atomic mass is 35.5. The van der Waals surface area contributed by atoms with Crippen molar-refractivity contribution in [2.24, 2.45) is 11.8 Å². The Bertz CT molecular complexity index is 675. The number of benzene rings is 1. The first kappa shape index (κ1) is 18.0. The number of piperidine rings is 1. The van der Waals surface area contributed by atoms with Gasteiger partial charge in [-0.3, -0.25) is 5.32 Å². The van der Waals surface area contributed by atoms with Crippen molar-refractivity contribution in [3.63, 3.8) is 0 Å². The molecule has 2 aliphatic heterocycles. The van der Waals surface area contributed by atoms with E-state index in [9.17, 15) is 18.0 Å². The van der Waals surface area contributed by atoms with Crippen LogP contribution in [0.2, 0.25) is 5.02 Å². The topological polar surface area (TPSA) is 50.8 Å². The molecule has 2 aliphatic rings. The number of nitrogens with one attached hydrogen (secondary N) is 1. The molecular weight excluding hydrogens is 361 g/mol. The van der Waals surface area contributed by atoms with Gasteiger partial charge in [-0.2, -0.15) is 13.2 Å². The summed E-state index contributed by atoms with van der Waals surface area (Å²) < 4.78 is 50.9. The molecule has 1 aromatic carbocycles. The molecule has 3 atom stereocenters. The first-order valence-electron chi connectivity index (χ1n) is 7.91. The van der Waals surface area contributed by atoms with E-state index in [1.165, 1.54) is 23.1 Å². The van der Waals surface area contributed by atoms with Crippen LogP contribution in [0.3, 0.4) is 0 Å². The molecule has 1 aromatic rings. The maximum atomic E-state index is 13.6. The lowest BCUT2D eigenvalue weighted by atomic mass is 9.92. The molecule has 2 heterocycles. The monoisotopic (exact) mass is 378 g/mol. The Morgan fingerprint density at radius 2 is 1.84 bits per heavy atom. The minimum atomic E-state index is -4.98. The number of carbonyl (C=O) groups excluding carboxylic acids is 1. The third-order valence-electron chi connectivity index (χ3n) is 4.21. The minimum absolute atomic E-state index is 0.137. The van der Waals surface area contributed by atoms with Crippen LogP contribution in [-0.4, -0.2) is 36.1 Å². The summed E-state index contributed by atoms with van der Waals surface area (Å²) in [5.41, 5.74) is 0. The summed E-state index contributed by atoms with van der Waals surface area (Å²) >= 11 is 5.78. The van der Waals surface area contributed by atoms with Gasteiger partial charge in [-0.1, -0.05) is 25.4 Å². The van der Waals surface area contributed by atoms with Crippen LogP contribution in [0.25, 0.3) is 0 Å². The number of likely N-dealkylation sites (tertiary alicyclic amines) is 1. The molecule has 0 saturated carbocycles. The molecular formula is C16H18ClF3N2O3. The summed E-state index contributed by atoms with van der Waals surface area (Å²) in [6.07, 6.45) is -4.06. The van der Waals surface area contributed by atoms with Crippen LogP contribution < -0.4 is 14.8 Å². The van der Waals surface area contributed by atoms with Gasteiger partial charge in [0.2, 0.25) is 0 Å². The standard InChI is InChI=1S/C16H18ClF3N2O3/c1-9-5-10(2)8-22(7-9)14(23)21-16(15(18,19)20)24-12-4-3-11(17)6-13(12)25-16/h3-4,6,9-10H,5,7-8H2,1-2H3,(H,21,23)/t9-,10-,16-/m1/s1. The Balaban J connectivity index is 1.83. The maximum absolute atomic E-state index is 13.6. The molecule has 25 heavy (non-hydrogen) atoms. The number of alkyl halides is 3. The Morgan fingerprint density at radius 3 is 2.44 bits per heavy atom. The summed E-state index contributed by atoms with van der Waals surface area (Å²) in [5, 5.41) is 2.08. The number of hydrogen-bond acceptors (Lipinski definition) is 3. The fourth-order valence-corrected chi connectivity index (χ4v) is 3.42. The third kappa shape index (κ3) is 3.44. The zero-order valence-corrected chi connectivity index (χ0v) is 14.4. The number of urea groups is 1. The number of carbonyl (C=O) groups is 1. The molecule has 5 nitrogen and oxygen atoms in total. The van der Waals surface area contributed by atoms with E-state index in [0.29, 0.717) is 13.1 Å². The van der Waals surface area contributed by atoms with Crippen molar-refractivity contribution in [2.75, 3.05) is 13.1 Å². The number of nitrogens with zero attached hydrogens (tertiary/aromatic N) is 1. The van der Waals surface area contributed by atoms with E-state index >= 15 is 0 Å². The molecule has 0 bridgehead atoms. The zero-order valence-electron chi connectivity index (χ0n) is 13.7. The first-order valence-corrected chi connectivity index (χ1v) is 8.29. The molecule has 0 aliphatic carbocycles. The van der Waals surface area contributed by atoms with Crippen LogP contribution in [-0.2, 0) is 0 Å². The van der Waals surface area contributed by atoms with Gasteiger partial charge < -0.3 is 14.4 Å². The number of rotatable bonds is 1. The van der Waals surface area contributed by atoms with Crippen LogP contribution in [0, 0.1) is 11.8 Å². The van der Waals surface area contributed by atoms with Gasteiger partial charge in [0.25, 0.3) is 0 Å². The summed E-state index contributed by atoms with van der Waals surface area (Å²) in [7, 11) is 0. The molecule has 138 valence electrons. The summed E-state index contributed by atoms with van der Waals surface area (Å²) in [5.74, 6) is -3.16. The molecule has 2 amide bonds. The van der Waals surface area contributed by atoms with Crippen molar-refractivity contribution >= 4 is 17.6 Å². The first-order chi connectivity index (χ1) is 11.6. The smallest absolute Gasteiger partial charge is 0.424 e. The highest BCUT2D eigenvalue weighted by Crippen LogP contribution is 2.46. The molecule has 1 saturated heterocycles. The van der Waals surface area contributed by atoms with Crippen LogP contribution in [0.15, 0.2) is 18.2 Å². The second kappa shape index (κ2) is 6.16. The van der Waals surface area contributed by atoms with Crippen LogP contribution >= 0.6 is 11.6 Å². The number of hydrogen-bond donors (Lipinski definition) is 1. The molecule has 0 aromatic heterocycles. The van der Waals surface area contributed by atoms with Gasteiger partial charge in [-0.15, -0.1) is 0 Å². The largest absolute Gasteiger partial charge is 0.492 e. The molecule has 1 N–H and O–H groups in total. The normalized spacial score (nSPS) is 28.8. The number of fused-ring (bicyclic) bond motifs is 1. The zero-order chi connectivity index (χ0) is 18.4. The van der Waals surface area contributed by atoms with E-state index in [1.54, 1.807) is 0 Å². The van der Waals surface area contributed by atoms with Gasteiger partial charge in [-0.25, -0.2) is 4.79 Å². The quantitative estimate of drug-likeness (QED) is 0.803. The third-order valence-corrected chi connectivity index (χ3v) is 4.45. The number of ether oxygens (including phenoxy) is 2. The Hall–Kier alpha value is -1.83. The van der Waals surface area contributed by atoms with E-state index in [1.807, 2.05) is 19.2 Å². The van der Waals surface area contributed by atoms with Crippen molar-refractivity contribution in [2.45, 2.75) is 32.4 Å². The second-order valence-electron chi connectivity index (χ2n) is 6.69. The molecule has 3 rings (SSSR count). The fourth-order valence-electron chi connectivity index (χ4n) is 3.26. The van der Waals surface area contributed by atoms with E-state index < -0.39 is 18.1 Å². The van der Waals surface area contributed by atoms with E-state index in [0.717, 1.165) is 6.42 Å². The second-order valence-corrected chi connectivity index (χ2v) is 7.13. The van der Waals surface area contributed by atoms with Crippen LogP contribution in [0.1, 0.15) is 20.3 Å². The lowest BCUT2D eigenvalue weighted by molar-refractivity contribution is -0.318. The molecule has 0 spiro atoms. The van der Waals surface area contributed by atoms with E-state index in [4.69, 9.17) is 21.1 Å². The van der Waals surface area contributed by atoms with Crippen molar-refractivity contribution in [1.82, 2.24) is 10.2 Å². The average Bonchev–Trinajstić information content (AvgIpc) is 2.84. The van der Waals surface area contributed by atoms with Crippen molar-refractivity contribution in [1.29, 1.82) is 0 Å². The van der Waals surface area contributed by atoms with E-state index in [-0.39, 0.29) is 28.4 Å². The maximum Gasteiger partial charge on any atom is 0.492 e. The number of amides is 2. The minimum Gasteiger partial charge on any atom is -0.424 e. The SMILES string of the molecule is C[C@@H]1C[C@@H](C)CN(C(=O)N[C@]2(C(F)(F)F)Oc3ccc(Cl)cc3O2)C1. The van der Waals surface area contributed by atoms with Gasteiger partial charge in [0.15, 0.2) is 11.5 Å². The summed E-state index contributed by atoms with van der Waals surface area (Å²) in [6, 6.07) is 2.98. The lowest BCUT2D eigenvalue weighted by Gasteiger charge is -2.37. The highest BCUT2D eigenvalue weighted by molar-refractivity contribution is 6.30. The highest BCUT2D eigenvalue weighted by Gasteiger charge is 2.66. The molecule has 0 unspecified atom stereocenters. The van der Waals surface area contributed by atoms with Crippen molar-refractivity contribution in [3.8, 4) is 11.5 Å². The predicted molar refractivity (Wildman–Crippen MR) is 84.5 cm³/mol. The Morgan fingerprint density at radius 1 is 1.24 bits per heavy atom. The Kier molecular flexibility index (Phi) is 4.43. The predicted octanol–water partition coefficient (Wildman–Crippen LogP) is 4.01. The summed E-state index contributed by atoms with van der Waals surface area (Å²) in [6.45, 7) is 4.66. The lowest BCUT2D eigenvalue weighted by Crippen LogP contribution is -2.67. The van der Waals surface area contributed by atoms with Crippen LogP contribution in [0.5, 0.6) is 11.5 Å². The molecule has 1 fully saturated rings.